The van der Waals surface area contributed by atoms with E-state index in [-0.39, 0.29) is 36.4 Å². The van der Waals surface area contributed by atoms with Crippen LogP contribution in [0.4, 0.5) is 19.4 Å². The number of anilines is 1. The number of hydrogen-bond donors (Lipinski definition) is 1. The highest BCUT2D eigenvalue weighted by Gasteiger charge is 2.50. The van der Waals surface area contributed by atoms with E-state index in [1.807, 2.05) is 29.2 Å². The minimum Gasteiger partial charge on any atom is -0.463 e. The number of rotatable bonds is 6. The first kappa shape index (κ1) is 31.9. The van der Waals surface area contributed by atoms with Gasteiger partial charge in [-0.15, -0.1) is 0 Å². The van der Waals surface area contributed by atoms with E-state index in [1.165, 1.54) is 12.3 Å². The highest BCUT2D eigenvalue weighted by Crippen LogP contribution is 2.39. The Morgan fingerprint density at radius 2 is 1.83 bits per heavy atom. The van der Waals surface area contributed by atoms with E-state index in [2.05, 4.69) is 15.0 Å². The molecule has 0 radical (unpaired) electrons. The maximum atomic E-state index is 16.7. The number of aromatic nitrogens is 4. The molecule has 5 aromatic rings. The maximum absolute atomic E-state index is 16.7. The summed E-state index contributed by atoms with van der Waals surface area (Å²) < 4.78 is 41.7. The van der Waals surface area contributed by atoms with E-state index >= 15 is 4.39 Å². The monoisotopic (exact) mass is 674 g/mol. The molecule has 48 heavy (non-hydrogen) atoms. The van der Waals surface area contributed by atoms with Crippen molar-refractivity contribution in [3.63, 3.8) is 0 Å². The molecule has 2 saturated heterocycles. The third-order valence-corrected chi connectivity index (χ3v) is 8.90. The Labute approximate surface area is 280 Å². The lowest BCUT2D eigenvalue weighted by Gasteiger charge is -2.42. The topological polar surface area (TPSA) is 114 Å². The van der Waals surface area contributed by atoms with Crippen LogP contribution in [0, 0.1) is 11.6 Å². The minimum atomic E-state index is -0.780. The zero-order chi connectivity index (χ0) is 33.7. The number of carbonyl (C=O) groups excluding carboxylic acids is 1. The fourth-order valence-electron chi connectivity index (χ4n) is 6.51. The van der Waals surface area contributed by atoms with Crippen molar-refractivity contribution in [3.8, 4) is 17.3 Å². The van der Waals surface area contributed by atoms with Crippen LogP contribution in [0.15, 0.2) is 60.9 Å². The quantitative estimate of drug-likeness (QED) is 0.220. The predicted molar refractivity (Wildman–Crippen MR) is 177 cm³/mol. The second-order valence-corrected chi connectivity index (χ2v) is 13.4. The Hall–Kier alpha value is -4.68. The first-order valence-electron chi connectivity index (χ1n) is 15.7. The minimum absolute atomic E-state index is 0.00793. The van der Waals surface area contributed by atoms with Gasteiger partial charge in [0.2, 0.25) is 0 Å². The molecule has 1 amide bonds. The molecule has 0 spiro atoms. The van der Waals surface area contributed by atoms with Gasteiger partial charge in [0.1, 0.15) is 28.4 Å². The number of ether oxygens (including phenoxy) is 2. The molecule has 3 aromatic heterocycles. The average Bonchev–Trinajstić information content (AvgIpc) is 3.25. The maximum Gasteiger partial charge on any atom is 0.411 e. The Balaban J connectivity index is 1.28. The molecule has 0 aliphatic carbocycles. The van der Waals surface area contributed by atoms with Crippen LogP contribution in [0.1, 0.15) is 32.9 Å². The largest absolute Gasteiger partial charge is 0.463 e. The van der Waals surface area contributed by atoms with Crippen molar-refractivity contribution in [2.45, 2.75) is 57.4 Å². The summed E-state index contributed by atoms with van der Waals surface area (Å²) in [5.74, 6) is -0.763. The SMILES string of the molecule is CC(C)(C)OC(=O)N1[C@@H]2C[C@@H](O)[C@H]1CN(c1nc(OCCc3ccc(F)cn3)nc3c(F)c(-c4cccc5cccc(Cl)c45)ncc13)C2. The van der Waals surface area contributed by atoms with Gasteiger partial charge in [0, 0.05) is 47.4 Å². The van der Waals surface area contributed by atoms with Gasteiger partial charge in [-0.05, 0) is 50.8 Å². The van der Waals surface area contributed by atoms with Gasteiger partial charge < -0.3 is 19.5 Å². The molecular formula is C35H33ClF2N6O4. The zero-order valence-corrected chi connectivity index (χ0v) is 27.3. The van der Waals surface area contributed by atoms with Crippen molar-refractivity contribution in [1.29, 1.82) is 0 Å². The summed E-state index contributed by atoms with van der Waals surface area (Å²) in [6.45, 7) is 6.00. The van der Waals surface area contributed by atoms with Crippen LogP contribution in [-0.4, -0.2) is 79.5 Å². The smallest absolute Gasteiger partial charge is 0.411 e. The summed E-state index contributed by atoms with van der Waals surface area (Å²) in [6, 6.07) is 12.8. The molecule has 5 heterocycles. The van der Waals surface area contributed by atoms with Crippen LogP contribution in [-0.2, 0) is 11.2 Å². The van der Waals surface area contributed by atoms with Gasteiger partial charge in [0.15, 0.2) is 5.82 Å². The second-order valence-electron chi connectivity index (χ2n) is 13.0. The fraction of sp³-hybridized carbons (Fsp3) is 0.343. The Kier molecular flexibility index (Phi) is 8.24. The molecule has 2 aliphatic heterocycles. The number of carbonyl (C=O) groups is 1. The summed E-state index contributed by atoms with van der Waals surface area (Å²) in [5, 5.41) is 13.3. The average molecular weight is 675 g/mol. The fourth-order valence-corrected chi connectivity index (χ4v) is 6.80. The van der Waals surface area contributed by atoms with Crippen molar-refractivity contribution in [1.82, 2.24) is 24.8 Å². The van der Waals surface area contributed by atoms with Gasteiger partial charge in [0.25, 0.3) is 0 Å². The van der Waals surface area contributed by atoms with E-state index < -0.39 is 35.5 Å². The van der Waals surface area contributed by atoms with E-state index in [4.69, 9.17) is 26.1 Å². The van der Waals surface area contributed by atoms with Gasteiger partial charge >= 0.3 is 12.1 Å². The highest BCUT2D eigenvalue weighted by atomic mass is 35.5. The number of fused-ring (bicyclic) bond motifs is 4. The van der Waals surface area contributed by atoms with E-state index in [0.29, 0.717) is 52.3 Å². The Morgan fingerprint density at radius 1 is 1.04 bits per heavy atom. The molecule has 13 heteroatoms. The molecule has 1 N–H and O–H groups in total. The van der Waals surface area contributed by atoms with E-state index in [0.717, 1.165) is 11.6 Å². The number of benzene rings is 2. The standard InChI is InChI=1S/C35H33ClF2N6O4/c1-35(2,3)48-34(46)44-22-14-27(45)26(44)18-43(17-22)32-24-16-40-30(23-8-4-6-19-7-5-9-25(36)28(19)23)29(38)31(24)41-33(42-32)47-13-12-21-11-10-20(37)15-39-21/h4-11,15-16,22,26-27,45H,12-14,17-18H2,1-3H3/t22-,26-,27-/m1/s1. The molecule has 10 nitrogen and oxygen atoms in total. The van der Waals surface area contributed by atoms with E-state index in [9.17, 15) is 14.3 Å². The van der Waals surface area contributed by atoms with Crippen molar-refractivity contribution in [2.75, 3.05) is 24.6 Å². The molecule has 0 unspecified atom stereocenters. The molecule has 2 aliphatic rings. The summed E-state index contributed by atoms with van der Waals surface area (Å²) in [7, 11) is 0. The number of hydrogen-bond acceptors (Lipinski definition) is 9. The highest BCUT2D eigenvalue weighted by molar-refractivity contribution is 6.36. The predicted octanol–water partition coefficient (Wildman–Crippen LogP) is 6.35. The number of aliphatic hydroxyl groups is 1. The summed E-state index contributed by atoms with van der Waals surface area (Å²) in [5.41, 5.74) is 0.470. The Morgan fingerprint density at radius 3 is 2.56 bits per heavy atom. The second kappa shape index (κ2) is 12.4. The number of aliphatic hydroxyl groups excluding tert-OH is 1. The lowest BCUT2D eigenvalue weighted by molar-refractivity contribution is 0.00604. The van der Waals surface area contributed by atoms with Crippen molar-refractivity contribution < 1.29 is 28.2 Å². The Bertz CT molecular complexity index is 2020. The number of amides is 1. The number of pyridine rings is 2. The van der Waals surface area contributed by atoms with Gasteiger partial charge in [-0.2, -0.15) is 9.97 Å². The van der Waals surface area contributed by atoms with Crippen LogP contribution in [0.3, 0.4) is 0 Å². The summed E-state index contributed by atoms with van der Waals surface area (Å²) in [4.78, 5) is 34.5. The first-order chi connectivity index (χ1) is 23.0. The van der Waals surface area contributed by atoms with Crippen LogP contribution in [0.2, 0.25) is 5.02 Å². The molecule has 3 atom stereocenters. The van der Waals surface area contributed by atoms with Gasteiger partial charge in [0.05, 0.1) is 36.4 Å². The molecule has 7 rings (SSSR count). The third kappa shape index (κ3) is 6.06. The van der Waals surface area contributed by atoms with Crippen LogP contribution in [0.5, 0.6) is 6.01 Å². The number of halogens is 3. The van der Waals surface area contributed by atoms with Gasteiger partial charge in [-0.1, -0.05) is 41.9 Å². The lowest BCUT2D eigenvalue weighted by Crippen LogP contribution is -2.58. The van der Waals surface area contributed by atoms with Crippen LogP contribution < -0.4 is 9.64 Å². The van der Waals surface area contributed by atoms with Gasteiger partial charge in [-0.3, -0.25) is 14.9 Å². The van der Waals surface area contributed by atoms with Crippen molar-refractivity contribution >= 4 is 45.2 Å². The van der Waals surface area contributed by atoms with Gasteiger partial charge in [-0.25, -0.2) is 13.6 Å². The first-order valence-corrected chi connectivity index (χ1v) is 16.1. The molecule has 248 valence electrons. The molecule has 2 bridgehead atoms. The van der Waals surface area contributed by atoms with Crippen LogP contribution >= 0.6 is 11.6 Å². The lowest BCUT2D eigenvalue weighted by atomic mass is 10.0. The van der Waals surface area contributed by atoms with Crippen molar-refractivity contribution in [3.05, 3.63) is 83.3 Å². The molecule has 0 saturated carbocycles. The molecular weight excluding hydrogens is 642 g/mol. The number of piperazine rings is 1. The zero-order valence-electron chi connectivity index (χ0n) is 26.5. The summed E-state index contributed by atoms with van der Waals surface area (Å²) >= 11 is 6.58. The number of nitrogens with zero attached hydrogens (tertiary/aromatic N) is 6. The van der Waals surface area contributed by atoms with Crippen LogP contribution in [0.25, 0.3) is 32.9 Å². The normalized spacial score (nSPS) is 19.3. The molecule has 2 aromatic carbocycles. The summed E-state index contributed by atoms with van der Waals surface area (Å²) in [6.07, 6.45) is 2.08. The third-order valence-electron chi connectivity index (χ3n) is 8.58. The van der Waals surface area contributed by atoms with E-state index in [1.54, 1.807) is 43.9 Å². The molecule has 2 fully saturated rings. The van der Waals surface area contributed by atoms with Crippen molar-refractivity contribution in [2.24, 2.45) is 0 Å².